The van der Waals surface area contributed by atoms with E-state index in [-0.39, 0.29) is 45.9 Å². The predicted octanol–water partition coefficient (Wildman–Crippen LogP) is 4.31. The van der Waals surface area contributed by atoms with Crippen LogP contribution in [0.15, 0.2) is 51.7 Å². The van der Waals surface area contributed by atoms with Gasteiger partial charge in [-0.05, 0) is 37.1 Å². The lowest BCUT2D eigenvalue weighted by atomic mass is 9.98. The topological polar surface area (TPSA) is 59.8 Å². The molecule has 0 saturated carbocycles. The lowest BCUT2D eigenvalue weighted by Crippen LogP contribution is -2.36. The summed E-state index contributed by atoms with van der Waals surface area (Å²) in [5.41, 5.74) is 0.303. The molecule has 1 saturated heterocycles. The third kappa shape index (κ3) is 2.94. The van der Waals surface area contributed by atoms with Crippen molar-refractivity contribution in [2.75, 3.05) is 13.2 Å². The molecule has 1 aromatic heterocycles. The molecular formula is C22H17ClFNO4. The van der Waals surface area contributed by atoms with Crippen molar-refractivity contribution in [2.24, 2.45) is 0 Å². The number of halogens is 2. The van der Waals surface area contributed by atoms with Crippen LogP contribution < -0.4 is 5.43 Å². The summed E-state index contributed by atoms with van der Waals surface area (Å²) in [6.45, 7) is 0.891. The minimum atomic E-state index is -0.873. The predicted molar refractivity (Wildman–Crippen MR) is 106 cm³/mol. The number of carbonyl (C=O) groups excluding carboxylic acids is 1. The van der Waals surface area contributed by atoms with Gasteiger partial charge in [-0.1, -0.05) is 29.8 Å². The second kappa shape index (κ2) is 6.97. The number of benzene rings is 2. The van der Waals surface area contributed by atoms with Crippen molar-refractivity contribution in [3.05, 3.63) is 80.4 Å². The van der Waals surface area contributed by atoms with Crippen LogP contribution in [0.1, 0.15) is 40.6 Å². The van der Waals surface area contributed by atoms with E-state index >= 15 is 0 Å². The van der Waals surface area contributed by atoms with E-state index in [9.17, 15) is 14.0 Å². The van der Waals surface area contributed by atoms with Gasteiger partial charge < -0.3 is 14.1 Å². The summed E-state index contributed by atoms with van der Waals surface area (Å²) < 4.78 is 26.2. The Morgan fingerprint density at radius 1 is 1.17 bits per heavy atom. The van der Waals surface area contributed by atoms with E-state index in [1.807, 2.05) is 0 Å². The van der Waals surface area contributed by atoms with E-state index in [0.29, 0.717) is 11.6 Å². The van der Waals surface area contributed by atoms with Crippen LogP contribution >= 0.6 is 11.6 Å². The number of amides is 1. The number of nitrogens with zero attached hydrogens (tertiary/aromatic N) is 1. The van der Waals surface area contributed by atoms with Crippen molar-refractivity contribution < 1.29 is 18.3 Å². The SMILES string of the molecule is O=C1c2oc3ccc(Cl)cc3c(=O)c2[C@H](c2ccccc2F)N1C[C@H]1CCCO1. The molecule has 2 atom stereocenters. The summed E-state index contributed by atoms with van der Waals surface area (Å²) in [6, 6.07) is 9.96. The zero-order chi connectivity index (χ0) is 20.1. The molecule has 2 aromatic carbocycles. The molecule has 0 aliphatic carbocycles. The molecule has 3 aromatic rings. The highest BCUT2D eigenvalue weighted by Crippen LogP contribution is 2.39. The largest absolute Gasteiger partial charge is 0.450 e. The minimum Gasteiger partial charge on any atom is -0.450 e. The van der Waals surface area contributed by atoms with Gasteiger partial charge in [0.1, 0.15) is 11.4 Å². The highest BCUT2D eigenvalue weighted by Gasteiger charge is 2.44. The average molecular weight is 414 g/mol. The molecule has 148 valence electrons. The first-order valence-electron chi connectivity index (χ1n) is 9.48. The zero-order valence-electron chi connectivity index (χ0n) is 15.4. The van der Waals surface area contributed by atoms with Crippen molar-refractivity contribution in [3.63, 3.8) is 0 Å². The van der Waals surface area contributed by atoms with E-state index in [0.717, 1.165) is 12.8 Å². The third-order valence-electron chi connectivity index (χ3n) is 5.55. The second-order valence-electron chi connectivity index (χ2n) is 7.33. The first kappa shape index (κ1) is 18.3. The lowest BCUT2D eigenvalue weighted by Gasteiger charge is -2.27. The van der Waals surface area contributed by atoms with Crippen LogP contribution in [-0.4, -0.2) is 30.1 Å². The van der Waals surface area contributed by atoms with E-state index in [4.69, 9.17) is 20.8 Å². The maximum absolute atomic E-state index is 14.7. The van der Waals surface area contributed by atoms with Crippen LogP contribution in [0.5, 0.6) is 0 Å². The minimum absolute atomic E-state index is 0.0453. The molecular weight excluding hydrogens is 397 g/mol. The molecule has 5 rings (SSSR count). The van der Waals surface area contributed by atoms with Crippen molar-refractivity contribution >= 4 is 28.5 Å². The molecule has 1 fully saturated rings. The molecule has 5 nitrogen and oxygen atoms in total. The van der Waals surface area contributed by atoms with Crippen LogP contribution in [-0.2, 0) is 4.74 Å². The average Bonchev–Trinajstić information content (AvgIpc) is 3.31. The first-order chi connectivity index (χ1) is 14.0. The zero-order valence-corrected chi connectivity index (χ0v) is 16.1. The van der Waals surface area contributed by atoms with Crippen LogP contribution in [0.25, 0.3) is 11.0 Å². The highest BCUT2D eigenvalue weighted by atomic mass is 35.5. The van der Waals surface area contributed by atoms with Crippen LogP contribution in [0, 0.1) is 5.82 Å². The Morgan fingerprint density at radius 3 is 2.76 bits per heavy atom. The molecule has 7 heteroatoms. The van der Waals surface area contributed by atoms with E-state index in [1.54, 1.807) is 30.3 Å². The lowest BCUT2D eigenvalue weighted by molar-refractivity contribution is 0.0483. The standard InChI is InChI=1S/C22H17ClFNO4/c23-12-7-8-17-15(10-12)20(26)18-19(14-5-1-2-6-16(14)24)25(22(27)21(18)29-17)11-13-4-3-9-28-13/h1-2,5-8,10,13,19H,3-4,9,11H2/t13-,19+/m1/s1. The molecule has 0 spiro atoms. The van der Waals surface area contributed by atoms with Gasteiger partial charge in [0.15, 0.2) is 5.43 Å². The number of hydrogen-bond donors (Lipinski definition) is 0. The Balaban J connectivity index is 1.74. The van der Waals surface area contributed by atoms with Gasteiger partial charge >= 0.3 is 0 Å². The van der Waals surface area contributed by atoms with Gasteiger partial charge in [0.05, 0.1) is 23.1 Å². The van der Waals surface area contributed by atoms with Gasteiger partial charge in [-0.15, -0.1) is 0 Å². The molecule has 29 heavy (non-hydrogen) atoms. The number of fused-ring (bicyclic) bond motifs is 2. The Labute approximate surface area is 170 Å². The van der Waals surface area contributed by atoms with E-state index < -0.39 is 17.8 Å². The van der Waals surface area contributed by atoms with Crippen LogP contribution in [0.4, 0.5) is 4.39 Å². The molecule has 2 aliphatic rings. The summed E-state index contributed by atoms with van der Waals surface area (Å²) in [5, 5.41) is 0.650. The van der Waals surface area contributed by atoms with Crippen molar-refractivity contribution in [1.29, 1.82) is 0 Å². The highest BCUT2D eigenvalue weighted by molar-refractivity contribution is 6.31. The monoisotopic (exact) mass is 413 g/mol. The van der Waals surface area contributed by atoms with Gasteiger partial charge in [0.2, 0.25) is 5.76 Å². The Bertz CT molecular complexity index is 1190. The fourth-order valence-corrected chi connectivity index (χ4v) is 4.38. The molecule has 0 unspecified atom stereocenters. The molecule has 0 N–H and O–H groups in total. The Morgan fingerprint density at radius 2 is 2.00 bits per heavy atom. The summed E-state index contributed by atoms with van der Waals surface area (Å²) in [5.74, 6) is -0.963. The molecule has 1 amide bonds. The van der Waals surface area contributed by atoms with Gasteiger partial charge in [-0.25, -0.2) is 4.39 Å². The molecule has 0 radical (unpaired) electrons. The van der Waals surface area contributed by atoms with Crippen LogP contribution in [0.2, 0.25) is 5.02 Å². The van der Waals surface area contributed by atoms with Crippen molar-refractivity contribution in [1.82, 2.24) is 4.90 Å². The summed E-state index contributed by atoms with van der Waals surface area (Å²) in [7, 11) is 0. The molecule has 0 bridgehead atoms. The van der Waals surface area contributed by atoms with Crippen molar-refractivity contribution in [2.45, 2.75) is 25.0 Å². The Kier molecular flexibility index (Phi) is 4.41. The first-order valence-corrected chi connectivity index (χ1v) is 9.85. The summed E-state index contributed by atoms with van der Waals surface area (Å²) >= 11 is 6.06. The second-order valence-corrected chi connectivity index (χ2v) is 7.77. The maximum Gasteiger partial charge on any atom is 0.291 e. The maximum atomic E-state index is 14.7. The van der Waals surface area contributed by atoms with Gasteiger partial charge in [-0.3, -0.25) is 9.59 Å². The number of ether oxygens (including phenoxy) is 1. The number of carbonyl (C=O) groups is 1. The quantitative estimate of drug-likeness (QED) is 0.642. The van der Waals surface area contributed by atoms with Gasteiger partial charge in [0, 0.05) is 23.7 Å². The Hall–Kier alpha value is -2.70. The molecule has 3 heterocycles. The smallest absolute Gasteiger partial charge is 0.291 e. The third-order valence-corrected chi connectivity index (χ3v) is 5.79. The van der Waals surface area contributed by atoms with Gasteiger partial charge in [0.25, 0.3) is 5.91 Å². The normalized spacial score (nSPS) is 21.2. The number of rotatable bonds is 3. The van der Waals surface area contributed by atoms with Crippen molar-refractivity contribution in [3.8, 4) is 0 Å². The van der Waals surface area contributed by atoms with E-state index in [2.05, 4.69) is 0 Å². The summed E-state index contributed by atoms with van der Waals surface area (Å²) in [4.78, 5) is 28.1. The molecule has 2 aliphatic heterocycles. The summed E-state index contributed by atoms with van der Waals surface area (Å²) in [6.07, 6.45) is 1.56. The van der Waals surface area contributed by atoms with Crippen LogP contribution in [0.3, 0.4) is 0 Å². The van der Waals surface area contributed by atoms with Gasteiger partial charge in [-0.2, -0.15) is 0 Å². The van der Waals surface area contributed by atoms with E-state index in [1.165, 1.54) is 17.0 Å². The number of hydrogen-bond acceptors (Lipinski definition) is 4. The fourth-order valence-electron chi connectivity index (χ4n) is 4.21. The fraction of sp³-hybridized carbons (Fsp3) is 0.273.